The molecular formula is C24H27N3O4S2. The Kier molecular flexibility index (Phi) is 7.11. The van der Waals surface area contributed by atoms with Crippen LogP contribution >= 0.6 is 11.3 Å². The van der Waals surface area contributed by atoms with Crippen LogP contribution in [0.5, 0.6) is 5.75 Å². The molecule has 9 heteroatoms. The first kappa shape index (κ1) is 23.4. The minimum Gasteiger partial charge on any atom is -0.497 e. The molecule has 7 nitrogen and oxygen atoms in total. The Bertz CT molecular complexity index is 1200. The summed E-state index contributed by atoms with van der Waals surface area (Å²) < 4.78 is 32.6. The van der Waals surface area contributed by atoms with Crippen molar-refractivity contribution in [2.45, 2.75) is 43.0 Å². The van der Waals surface area contributed by atoms with Crippen LogP contribution in [0.4, 0.5) is 5.13 Å². The Morgan fingerprint density at radius 3 is 2.36 bits per heavy atom. The Balaban J connectivity index is 1.42. The Hall–Kier alpha value is -2.75. The molecule has 1 amide bonds. The molecular weight excluding hydrogens is 458 g/mol. The summed E-state index contributed by atoms with van der Waals surface area (Å²) in [6.07, 6.45) is 5.06. The van der Waals surface area contributed by atoms with Crippen molar-refractivity contribution in [3.05, 3.63) is 59.5 Å². The average Bonchev–Trinajstić information content (AvgIpc) is 3.32. The number of benzene rings is 2. The standard InChI is InChI=1S/C24H27N3O4S2/c1-27(19-6-4-3-5-7-19)33(29,30)21-14-10-18(11-15-21)23(28)26-24-25-22(16-32-24)17-8-12-20(31-2)13-9-17/h8-16,19H,3-7H2,1-2H3,(H,25,26,28). The van der Waals surface area contributed by atoms with Gasteiger partial charge in [-0.25, -0.2) is 13.4 Å². The molecule has 1 aliphatic rings. The highest BCUT2D eigenvalue weighted by Crippen LogP contribution is 2.28. The number of methoxy groups -OCH3 is 1. The minimum atomic E-state index is -3.59. The molecule has 1 aromatic heterocycles. The molecule has 0 aliphatic heterocycles. The molecule has 3 aromatic rings. The molecule has 1 heterocycles. The lowest BCUT2D eigenvalue weighted by Crippen LogP contribution is -2.38. The first-order valence-electron chi connectivity index (χ1n) is 10.9. The number of hydrogen-bond donors (Lipinski definition) is 1. The minimum absolute atomic E-state index is 0.0384. The van der Waals surface area contributed by atoms with E-state index in [0.29, 0.717) is 10.7 Å². The molecule has 0 radical (unpaired) electrons. The molecule has 1 N–H and O–H groups in total. The molecule has 0 spiro atoms. The maximum absolute atomic E-state index is 13.0. The number of carbonyl (C=O) groups is 1. The summed E-state index contributed by atoms with van der Waals surface area (Å²) in [5.74, 6) is 0.424. The third-order valence-corrected chi connectivity index (χ3v) is 8.67. The second-order valence-corrected chi connectivity index (χ2v) is 10.9. The second-order valence-electron chi connectivity index (χ2n) is 8.06. The number of carbonyl (C=O) groups excluding carboxylic acids is 1. The normalized spacial score (nSPS) is 14.9. The van der Waals surface area contributed by atoms with Crippen LogP contribution in [0.25, 0.3) is 11.3 Å². The van der Waals surface area contributed by atoms with Crippen LogP contribution in [-0.2, 0) is 10.0 Å². The predicted octanol–water partition coefficient (Wildman–Crippen LogP) is 5.02. The number of rotatable bonds is 7. The second kappa shape index (κ2) is 10.0. The fraction of sp³-hybridized carbons (Fsp3) is 0.333. The molecule has 33 heavy (non-hydrogen) atoms. The van der Waals surface area contributed by atoms with Crippen LogP contribution in [0.2, 0.25) is 0 Å². The van der Waals surface area contributed by atoms with Gasteiger partial charge in [0.15, 0.2) is 5.13 Å². The van der Waals surface area contributed by atoms with E-state index in [1.807, 2.05) is 29.6 Å². The lowest BCUT2D eigenvalue weighted by Gasteiger charge is -2.30. The number of aromatic nitrogens is 1. The summed E-state index contributed by atoms with van der Waals surface area (Å²) in [6, 6.07) is 13.6. The van der Waals surface area contributed by atoms with E-state index in [2.05, 4.69) is 10.3 Å². The number of amides is 1. The highest BCUT2D eigenvalue weighted by molar-refractivity contribution is 7.89. The van der Waals surface area contributed by atoms with Gasteiger partial charge in [0, 0.05) is 29.6 Å². The monoisotopic (exact) mass is 485 g/mol. The number of anilines is 1. The van der Waals surface area contributed by atoms with Gasteiger partial charge in [-0.2, -0.15) is 4.31 Å². The van der Waals surface area contributed by atoms with Gasteiger partial charge in [-0.3, -0.25) is 10.1 Å². The van der Waals surface area contributed by atoms with Gasteiger partial charge in [-0.1, -0.05) is 19.3 Å². The van der Waals surface area contributed by atoms with E-state index in [-0.39, 0.29) is 16.8 Å². The lowest BCUT2D eigenvalue weighted by molar-refractivity contribution is 0.102. The summed E-state index contributed by atoms with van der Waals surface area (Å²) in [6.45, 7) is 0. The highest BCUT2D eigenvalue weighted by atomic mass is 32.2. The van der Waals surface area contributed by atoms with E-state index >= 15 is 0 Å². The molecule has 4 rings (SSSR count). The first-order valence-corrected chi connectivity index (χ1v) is 13.2. The van der Waals surface area contributed by atoms with Crippen LogP contribution in [0, 0.1) is 0 Å². The van der Waals surface area contributed by atoms with Gasteiger partial charge in [0.25, 0.3) is 5.91 Å². The van der Waals surface area contributed by atoms with Crippen molar-refractivity contribution in [2.75, 3.05) is 19.5 Å². The fourth-order valence-electron chi connectivity index (χ4n) is 3.98. The Morgan fingerprint density at radius 1 is 1.06 bits per heavy atom. The molecule has 1 saturated carbocycles. The predicted molar refractivity (Wildman–Crippen MR) is 130 cm³/mol. The Labute approximate surface area is 198 Å². The SMILES string of the molecule is COc1ccc(-c2csc(NC(=O)c3ccc(S(=O)(=O)N(C)C4CCCCC4)cc3)n2)cc1. The zero-order chi connectivity index (χ0) is 23.4. The smallest absolute Gasteiger partial charge is 0.257 e. The van der Waals surface area contributed by atoms with Crippen molar-refractivity contribution in [3.63, 3.8) is 0 Å². The maximum atomic E-state index is 13.0. The molecule has 0 bridgehead atoms. The van der Waals surface area contributed by atoms with Gasteiger partial charge in [0.1, 0.15) is 5.75 Å². The van der Waals surface area contributed by atoms with Gasteiger partial charge in [0.2, 0.25) is 10.0 Å². The summed E-state index contributed by atoms with van der Waals surface area (Å²) >= 11 is 1.33. The van der Waals surface area contributed by atoms with Gasteiger partial charge in [0.05, 0.1) is 17.7 Å². The van der Waals surface area contributed by atoms with Crippen LogP contribution in [0.3, 0.4) is 0 Å². The topological polar surface area (TPSA) is 88.6 Å². The van der Waals surface area contributed by atoms with E-state index in [1.165, 1.54) is 39.9 Å². The van der Waals surface area contributed by atoms with E-state index in [0.717, 1.165) is 49.1 Å². The third-order valence-electron chi connectivity index (χ3n) is 5.99. The number of thiazole rings is 1. The molecule has 0 saturated heterocycles. The molecule has 0 atom stereocenters. The number of ether oxygens (including phenoxy) is 1. The van der Waals surface area contributed by atoms with Crippen LogP contribution in [0.1, 0.15) is 42.5 Å². The fourth-order valence-corrected chi connectivity index (χ4v) is 6.11. The zero-order valence-electron chi connectivity index (χ0n) is 18.7. The van der Waals surface area contributed by atoms with E-state index < -0.39 is 10.0 Å². The van der Waals surface area contributed by atoms with E-state index in [1.54, 1.807) is 14.2 Å². The number of sulfonamides is 1. The van der Waals surface area contributed by atoms with Gasteiger partial charge in [-0.15, -0.1) is 11.3 Å². The first-order chi connectivity index (χ1) is 15.9. The van der Waals surface area contributed by atoms with Crippen molar-refractivity contribution in [3.8, 4) is 17.0 Å². The van der Waals surface area contributed by atoms with Crippen molar-refractivity contribution >= 4 is 32.4 Å². The van der Waals surface area contributed by atoms with Crippen molar-refractivity contribution in [2.24, 2.45) is 0 Å². The van der Waals surface area contributed by atoms with Crippen molar-refractivity contribution < 1.29 is 17.9 Å². The van der Waals surface area contributed by atoms with Crippen LogP contribution in [-0.4, -0.2) is 43.8 Å². The number of nitrogens with zero attached hydrogens (tertiary/aromatic N) is 2. The molecule has 0 unspecified atom stereocenters. The van der Waals surface area contributed by atoms with E-state index in [9.17, 15) is 13.2 Å². The van der Waals surface area contributed by atoms with Crippen LogP contribution < -0.4 is 10.1 Å². The van der Waals surface area contributed by atoms with Gasteiger partial charge < -0.3 is 4.74 Å². The van der Waals surface area contributed by atoms with Gasteiger partial charge in [-0.05, 0) is 61.4 Å². The molecule has 174 valence electrons. The van der Waals surface area contributed by atoms with Crippen molar-refractivity contribution in [1.29, 1.82) is 0 Å². The average molecular weight is 486 g/mol. The third kappa shape index (κ3) is 5.26. The quantitative estimate of drug-likeness (QED) is 0.507. The summed E-state index contributed by atoms with van der Waals surface area (Å²) in [4.78, 5) is 17.3. The zero-order valence-corrected chi connectivity index (χ0v) is 20.3. The largest absolute Gasteiger partial charge is 0.497 e. The summed E-state index contributed by atoms with van der Waals surface area (Å²) in [5, 5.41) is 5.13. The van der Waals surface area contributed by atoms with Gasteiger partial charge >= 0.3 is 0 Å². The van der Waals surface area contributed by atoms with Crippen LogP contribution in [0.15, 0.2) is 58.8 Å². The highest BCUT2D eigenvalue weighted by Gasteiger charge is 2.29. The summed E-state index contributed by atoms with van der Waals surface area (Å²) in [7, 11) is -0.329. The lowest BCUT2D eigenvalue weighted by atomic mass is 9.96. The van der Waals surface area contributed by atoms with Crippen molar-refractivity contribution in [1.82, 2.24) is 9.29 Å². The van der Waals surface area contributed by atoms with E-state index in [4.69, 9.17) is 4.74 Å². The maximum Gasteiger partial charge on any atom is 0.257 e. The molecule has 2 aromatic carbocycles. The number of nitrogens with one attached hydrogen (secondary N) is 1. The number of hydrogen-bond acceptors (Lipinski definition) is 6. The Morgan fingerprint density at radius 2 is 1.73 bits per heavy atom. The molecule has 1 fully saturated rings. The molecule has 1 aliphatic carbocycles. The summed E-state index contributed by atoms with van der Waals surface area (Å²) in [5.41, 5.74) is 2.05.